The van der Waals surface area contributed by atoms with Crippen LogP contribution in [0.4, 0.5) is 0 Å². The Balaban J connectivity index is 1.60. The summed E-state index contributed by atoms with van der Waals surface area (Å²) in [6.45, 7) is 0. The van der Waals surface area contributed by atoms with E-state index in [0.29, 0.717) is 0 Å². The van der Waals surface area contributed by atoms with Crippen molar-refractivity contribution in [3.05, 3.63) is 45.6 Å². The standard InChI is InChI=1S/C16H13IN2O2/c17-12-3-1-2-9(6-12)8-18-19-15(20)13-10-4-5-11(7-10)14(13)16(19)21/h1-6,8,10-11,13-14H,7H2. The van der Waals surface area contributed by atoms with Crippen molar-refractivity contribution in [3.8, 4) is 0 Å². The first kappa shape index (κ1) is 13.2. The first-order valence-corrected chi connectivity index (χ1v) is 8.09. The SMILES string of the molecule is O=C1C2C3C=CC(C3)C2C(=O)N1N=Cc1cccc(I)c1. The van der Waals surface area contributed by atoms with Crippen LogP contribution in [0.2, 0.25) is 0 Å². The van der Waals surface area contributed by atoms with Crippen LogP contribution in [0, 0.1) is 27.2 Å². The molecule has 0 spiro atoms. The Kier molecular flexibility index (Phi) is 2.99. The number of hydrazone groups is 1. The highest BCUT2D eigenvalue weighted by Crippen LogP contribution is 2.52. The lowest BCUT2D eigenvalue weighted by molar-refractivity contribution is -0.140. The Bertz CT molecular complexity index is 667. The van der Waals surface area contributed by atoms with Gasteiger partial charge in [0.05, 0.1) is 18.1 Å². The summed E-state index contributed by atoms with van der Waals surface area (Å²) < 4.78 is 1.09. The van der Waals surface area contributed by atoms with E-state index in [9.17, 15) is 9.59 Å². The van der Waals surface area contributed by atoms with Crippen molar-refractivity contribution >= 4 is 40.6 Å². The van der Waals surface area contributed by atoms with Crippen LogP contribution in [-0.4, -0.2) is 23.0 Å². The average Bonchev–Trinajstić information content (AvgIpc) is 3.12. The minimum absolute atomic E-state index is 0.135. The van der Waals surface area contributed by atoms with Crippen LogP contribution in [0.25, 0.3) is 0 Å². The molecule has 1 aliphatic heterocycles. The average molecular weight is 392 g/mol. The van der Waals surface area contributed by atoms with Crippen LogP contribution >= 0.6 is 22.6 Å². The van der Waals surface area contributed by atoms with E-state index in [0.717, 1.165) is 20.6 Å². The van der Waals surface area contributed by atoms with Gasteiger partial charge in [-0.3, -0.25) is 9.59 Å². The van der Waals surface area contributed by atoms with Gasteiger partial charge in [0.15, 0.2) is 0 Å². The molecule has 2 aliphatic carbocycles. The Hall–Kier alpha value is -1.50. The second-order valence-corrected chi connectivity index (χ2v) is 7.03. The lowest BCUT2D eigenvalue weighted by Crippen LogP contribution is -2.28. The molecule has 0 aromatic heterocycles. The van der Waals surface area contributed by atoms with Gasteiger partial charge in [-0.1, -0.05) is 24.3 Å². The number of carbonyl (C=O) groups excluding carboxylic acids is 2. The lowest BCUT2D eigenvalue weighted by atomic mass is 9.85. The van der Waals surface area contributed by atoms with Crippen LogP contribution in [0.3, 0.4) is 0 Å². The van der Waals surface area contributed by atoms with Gasteiger partial charge in [0.1, 0.15) is 0 Å². The molecule has 4 rings (SSSR count). The zero-order valence-electron chi connectivity index (χ0n) is 11.1. The molecule has 106 valence electrons. The molecule has 4 unspecified atom stereocenters. The molecule has 0 N–H and O–H groups in total. The Labute approximate surface area is 136 Å². The van der Waals surface area contributed by atoms with Crippen LogP contribution in [0.1, 0.15) is 12.0 Å². The topological polar surface area (TPSA) is 49.7 Å². The zero-order valence-corrected chi connectivity index (χ0v) is 13.3. The van der Waals surface area contributed by atoms with Crippen LogP contribution in [-0.2, 0) is 9.59 Å². The molecule has 0 radical (unpaired) electrons. The largest absolute Gasteiger partial charge is 0.272 e. The number of allylic oxidation sites excluding steroid dienone is 2. The Morgan fingerprint density at radius 3 is 2.43 bits per heavy atom. The normalized spacial score (nSPS) is 33.5. The molecule has 1 saturated carbocycles. The number of amides is 2. The van der Waals surface area contributed by atoms with E-state index in [4.69, 9.17) is 0 Å². The first-order chi connectivity index (χ1) is 10.1. The van der Waals surface area contributed by atoms with Gasteiger partial charge >= 0.3 is 0 Å². The molecular formula is C16H13IN2O2. The molecule has 1 aromatic carbocycles. The maximum absolute atomic E-state index is 12.4. The third-order valence-electron chi connectivity index (χ3n) is 4.62. The van der Waals surface area contributed by atoms with Crippen molar-refractivity contribution in [2.75, 3.05) is 0 Å². The second kappa shape index (κ2) is 4.76. The maximum Gasteiger partial charge on any atom is 0.254 e. The Morgan fingerprint density at radius 2 is 1.81 bits per heavy atom. The molecule has 4 nitrogen and oxygen atoms in total. The fourth-order valence-electron chi connectivity index (χ4n) is 3.71. The summed E-state index contributed by atoms with van der Waals surface area (Å²) in [5, 5.41) is 5.24. The summed E-state index contributed by atoms with van der Waals surface area (Å²) in [5.41, 5.74) is 0.889. The number of halogens is 1. The van der Waals surface area contributed by atoms with Gasteiger partial charge in [-0.2, -0.15) is 10.1 Å². The summed E-state index contributed by atoms with van der Waals surface area (Å²) in [5.74, 6) is -0.169. The number of rotatable bonds is 2. The summed E-state index contributed by atoms with van der Waals surface area (Å²) >= 11 is 2.22. The number of hydrogen-bond acceptors (Lipinski definition) is 3. The van der Waals surface area contributed by atoms with E-state index >= 15 is 0 Å². The van der Waals surface area contributed by atoms with E-state index in [1.54, 1.807) is 6.21 Å². The predicted octanol–water partition coefficient (Wildman–Crippen LogP) is 2.43. The fraction of sp³-hybridized carbons (Fsp3) is 0.312. The van der Waals surface area contributed by atoms with Crippen molar-refractivity contribution in [1.82, 2.24) is 5.01 Å². The third kappa shape index (κ3) is 1.97. The highest BCUT2D eigenvalue weighted by molar-refractivity contribution is 14.1. The zero-order chi connectivity index (χ0) is 14.6. The van der Waals surface area contributed by atoms with E-state index in [1.165, 1.54) is 0 Å². The third-order valence-corrected chi connectivity index (χ3v) is 5.29. The van der Waals surface area contributed by atoms with Crippen molar-refractivity contribution in [2.45, 2.75) is 6.42 Å². The van der Waals surface area contributed by atoms with E-state index in [-0.39, 0.29) is 35.5 Å². The minimum atomic E-state index is -0.180. The van der Waals surface area contributed by atoms with Crippen molar-refractivity contribution < 1.29 is 9.59 Å². The maximum atomic E-state index is 12.4. The number of hydrogen-bond donors (Lipinski definition) is 0. The smallest absolute Gasteiger partial charge is 0.254 e. The van der Waals surface area contributed by atoms with Gasteiger partial charge in [0.25, 0.3) is 11.8 Å². The van der Waals surface area contributed by atoms with Crippen LogP contribution in [0.5, 0.6) is 0 Å². The molecule has 21 heavy (non-hydrogen) atoms. The van der Waals surface area contributed by atoms with Gasteiger partial charge in [-0.15, -0.1) is 0 Å². The van der Waals surface area contributed by atoms with Gasteiger partial charge in [0.2, 0.25) is 0 Å². The number of nitrogens with zero attached hydrogens (tertiary/aromatic N) is 2. The van der Waals surface area contributed by atoms with Crippen molar-refractivity contribution in [2.24, 2.45) is 28.8 Å². The lowest BCUT2D eigenvalue weighted by Gasteiger charge is -2.13. The van der Waals surface area contributed by atoms with Gasteiger partial charge < -0.3 is 0 Å². The molecule has 1 aromatic rings. The fourth-order valence-corrected chi connectivity index (χ4v) is 4.28. The minimum Gasteiger partial charge on any atom is -0.272 e. The summed E-state index contributed by atoms with van der Waals surface area (Å²) in [4.78, 5) is 24.9. The molecule has 2 bridgehead atoms. The van der Waals surface area contributed by atoms with E-state index in [2.05, 4.69) is 39.8 Å². The molecule has 3 aliphatic rings. The summed E-state index contributed by atoms with van der Waals surface area (Å²) in [7, 11) is 0. The van der Waals surface area contributed by atoms with E-state index < -0.39 is 0 Å². The second-order valence-electron chi connectivity index (χ2n) is 5.79. The van der Waals surface area contributed by atoms with Gasteiger partial charge in [-0.25, -0.2) is 0 Å². The molecule has 1 saturated heterocycles. The molecule has 1 heterocycles. The quantitative estimate of drug-likeness (QED) is 0.336. The highest BCUT2D eigenvalue weighted by atomic mass is 127. The highest BCUT2D eigenvalue weighted by Gasteiger charge is 2.59. The van der Waals surface area contributed by atoms with E-state index in [1.807, 2.05) is 24.3 Å². The molecular weight excluding hydrogens is 379 g/mol. The number of carbonyl (C=O) groups is 2. The Morgan fingerprint density at radius 1 is 1.14 bits per heavy atom. The first-order valence-electron chi connectivity index (χ1n) is 7.01. The number of imide groups is 1. The molecule has 2 fully saturated rings. The summed E-state index contributed by atoms with van der Waals surface area (Å²) in [6, 6.07) is 7.78. The molecule has 2 amide bonds. The van der Waals surface area contributed by atoms with Crippen LogP contribution < -0.4 is 0 Å². The predicted molar refractivity (Wildman–Crippen MR) is 86.3 cm³/mol. The van der Waals surface area contributed by atoms with Crippen molar-refractivity contribution in [3.63, 3.8) is 0 Å². The van der Waals surface area contributed by atoms with Gasteiger partial charge in [-0.05, 0) is 58.5 Å². The monoisotopic (exact) mass is 392 g/mol. The van der Waals surface area contributed by atoms with Crippen LogP contribution in [0.15, 0.2) is 41.5 Å². The number of benzene rings is 1. The molecule has 5 heteroatoms. The summed E-state index contributed by atoms with van der Waals surface area (Å²) in [6.07, 6.45) is 6.71. The van der Waals surface area contributed by atoms with Crippen molar-refractivity contribution in [1.29, 1.82) is 0 Å². The molecule has 4 atom stereocenters. The van der Waals surface area contributed by atoms with Gasteiger partial charge in [0, 0.05) is 3.57 Å². The number of fused-ring (bicyclic) bond motifs is 5.